The highest BCUT2D eigenvalue weighted by molar-refractivity contribution is 6.04. The summed E-state index contributed by atoms with van der Waals surface area (Å²) in [5.41, 5.74) is 3.27. The van der Waals surface area contributed by atoms with Gasteiger partial charge in [0, 0.05) is 23.9 Å². The van der Waals surface area contributed by atoms with Crippen LogP contribution in [0.5, 0.6) is 0 Å². The van der Waals surface area contributed by atoms with Gasteiger partial charge < -0.3 is 10.6 Å². The van der Waals surface area contributed by atoms with E-state index in [1.807, 2.05) is 30.3 Å². The molecule has 0 aliphatic carbocycles. The third-order valence-electron chi connectivity index (χ3n) is 3.63. The summed E-state index contributed by atoms with van der Waals surface area (Å²) in [5.74, 6) is -0.389. The van der Waals surface area contributed by atoms with Crippen molar-refractivity contribution in [3.8, 4) is 0 Å². The fourth-order valence-corrected chi connectivity index (χ4v) is 2.33. The van der Waals surface area contributed by atoms with Crippen LogP contribution in [0.15, 0.2) is 89.1 Å². The second-order valence-corrected chi connectivity index (χ2v) is 5.80. The van der Waals surface area contributed by atoms with Gasteiger partial charge >= 0.3 is 0 Å². The number of rotatable bonds is 5. The first-order valence-corrected chi connectivity index (χ1v) is 8.36. The number of hydrogen-bond acceptors (Lipinski definition) is 4. The number of nitrogens with zero attached hydrogens (tertiary/aromatic N) is 2. The van der Waals surface area contributed by atoms with Crippen LogP contribution in [0.3, 0.4) is 0 Å². The van der Waals surface area contributed by atoms with Gasteiger partial charge in [-0.2, -0.15) is 10.2 Å². The van der Waals surface area contributed by atoms with E-state index in [0.29, 0.717) is 22.6 Å². The van der Waals surface area contributed by atoms with Gasteiger partial charge in [-0.05, 0) is 60.7 Å². The highest BCUT2D eigenvalue weighted by Crippen LogP contribution is 2.20. The molecule has 0 saturated heterocycles. The predicted molar refractivity (Wildman–Crippen MR) is 106 cm³/mol. The minimum Gasteiger partial charge on any atom is -0.326 e. The third-order valence-corrected chi connectivity index (χ3v) is 3.63. The molecule has 0 atom stereocenters. The summed E-state index contributed by atoms with van der Waals surface area (Å²) in [6.07, 6.45) is 0. The van der Waals surface area contributed by atoms with E-state index < -0.39 is 0 Å². The Hall–Kier alpha value is -3.80. The first kappa shape index (κ1) is 18.0. The first-order valence-electron chi connectivity index (χ1n) is 8.36. The van der Waals surface area contributed by atoms with E-state index in [0.717, 1.165) is 5.69 Å². The summed E-state index contributed by atoms with van der Waals surface area (Å²) < 4.78 is 0. The summed E-state index contributed by atoms with van der Waals surface area (Å²) in [6, 6.07) is 23.2. The second kappa shape index (κ2) is 8.53. The molecule has 3 aromatic carbocycles. The molecule has 0 radical (unpaired) electrons. The number of anilines is 2. The van der Waals surface area contributed by atoms with Crippen LogP contribution < -0.4 is 10.6 Å². The van der Waals surface area contributed by atoms with Crippen molar-refractivity contribution in [2.45, 2.75) is 6.92 Å². The van der Waals surface area contributed by atoms with Crippen LogP contribution in [0, 0.1) is 0 Å². The Bertz CT molecular complexity index is 950. The maximum Gasteiger partial charge on any atom is 0.255 e. The van der Waals surface area contributed by atoms with Crippen molar-refractivity contribution in [1.29, 1.82) is 0 Å². The molecule has 0 heterocycles. The van der Waals surface area contributed by atoms with E-state index in [1.165, 1.54) is 6.92 Å². The van der Waals surface area contributed by atoms with Crippen molar-refractivity contribution in [1.82, 2.24) is 0 Å². The zero-order valence-corrected chi connectivity index (χ0v) is 14.7. The van der Waals surface area contributed by atoms with Crippen LogP contribution in [-0.4, -0.2) is 11.8 Å². The van der Waals surface area contributed by atoms with E-state index in [2.05, 4.69) is 20.9 Å². The zero-order chi connectivity index (χ0) is 19.1. The number of hydrogen-bond donors (Lipinski definition) is 2. The fourth-order valence-electron chi connectivity index (χ4n) is 2.33. The molecular formula is C21H18N4O2. The van der Waals surface area contributed by atoms with Gasteiger partial charge in [0.05, 0.1) is 11.4 Å². The Morgan fingerprint density at radius 1 is 0.667 bits per heavy atom. The van der Waals surface area contributed by atoms with Gasteiger partial charge in [0.25, 0.3) is 5.91 Å². The standard InChI is InChI=1S/C21H18N4O2/c1-15(26)22-17-9-7-16(8-10-17)21(27)23-18-11-13-20(14-12-18)25-24-19-5-3-2-4-6-19/h2-14H,1H3,(H,22,26)(H,23,27). The number of carbonyl (C=O) groups is 2. The molecule has 134 valence electrons. The molecule has 0 unspecified atom stereocenters. The molecule has 3 rings (SSSR count). The molecule has 0 saturated carbocycles. The lowest BCUT2D eigenvalue weighted by Gasteiger charge is -2.07. The maximum absolute atomic E-state index is 12.3. The van der Waals surface area contributed by atoms with Gasteiger partial charge in [-0.15, -0.1) is 0 Å². The van der Waals surface area contributed by atoms with E-state index in [9.17, 15) is 9.59 Å². The van der Waals surface area contributed by atoms with Crippen LogP contribution in [0.2, 0.25) is 0 Å². The minimum atomic E-state index is -0.233. The largest absolute Gasteiger partial charge is 0.326 e. The van der Waals surface area contributed by atoms with Gasteiger partial charge in [0.2, 0.25) is 5.91 Å². The van der Waals surface area contributed by atoms with E-state index in [1.54, 1.807) is 48.5 Å². The van der Waals surface area contributed by atoms with Gasteiger partial charge in [-0.3, -0.25) is 9.59 Å². The SMILES string of the molecule is CC(=O)Nc1ccc(C(=O)Nc2ccc(N=Nc3ccccc3)cc2)cc1. The van der Waals surface area contributed by atoms with Crippen molar-refractivity contribution in [3.05, 3.63) is 84.4 Å². The summed E-state index contributed by atoms with van der Waals surface area (Å²) in [7, 11) is 0. The van der Waals surface area contributed by atoms with E-state index >= 15 is 0 Å². The van der Waals surface area contributed by atoms with Gasteiger partial charge in [0.1, 0.15) is 0 Å². The molecular weight excluding hydrogens is 340 g/mol. The van der Waals surface area contributed by atoms with Crippen molar-refractivity contribution in [3.63, 3.8) is 0 Å². The third kappa shape index (κ3) is 5.34. The molecule has 0 aliphatic heterocycles. The summed E-state index contributed by atoms with van der Waals surface area (Å²) in [6.45, 7) is 1.43. The maximum atomic E-state index is 12.3. The Balaban J connectivity index is 1.61. The lowest BCUT2D eigenvalue weighted by atomic mass is 10.2. The topological polar surface area (TPSA) is 82.9 Å². The van der Waals surface area contributed by atoms with Crippen LogP contribution in [0.4, 0.5) is 22.7 Å². The number of nitrogens with one attached hydrogen (secondary N) is 2. The molecule has 0 spiro atoms. The smallest absolute Gasteiger partial charge is 0.255 e. The molecule has 0 aliphatic rings. The van der Waals surface area contributed by atoms with Gasteiger partial charge in [0.15, 0.2) is 0 Å². The number of azo groups is 1. The van der Waals surface area contributed by atoms with Crippen molar-refractivity contribution < 1.29 is 9.59 Å². The van der Waals surface area contributed by atoms with Crippen LogP contribution in [0.1, 0.15) is 17.3 Å². The van der Waals surface area contributed by atoms with Gasteiger partial charge in [-0.1, -0.05) is 18.2 Å². The van der Waals surface area contributed by atoms with Crippen LogP contribution in [0.25, 0.3) is 0 Å². The first-order chi connectivity index (χ1) is 13.1. The Labute approximate surface area is 157 Å². The quantitative estimate of drug-likeness (QED) is 0.606. The molecule has 0 bridgehead atoms. The van der Waals surface area contributed by atoms with Crippen LogP contribution >= 0.6 is 0 Å². The average molecular weight is 358 g/mol. The minimum absolute atomic E-state index is 0.156. The number of amides is 2. The average Bonchev–Trinajstić information content (AvgIpc) is 2.68. The second-order valence-electron chi connectivity index (χ2n) is 5.80. The molecule has 0 fully saturated rings. The van der Waals surface area contributed by atoms with Gasteiger partial charge in [-0.25, -0.2) is 0 Å². The highest BCUT2D eigenvalue weighted by atomic mass is 16.2. The van der Waals surface area contributed by atoms with Crippen LogP contribution in [-0.2, 0) is 4.79 Å². The Kier molecular flexibility index (Phi) is 5.69. The van der Waals surface area contributed by atoms with Crippen molar-refractivity contribution in [2.24, 2.45) is 10.2 Å². The zero-order valence-electron chi connectivity index (χ0n) is 14.7. The lowest BCUT2D eigenvalue weighted by molar-refractivity contribution is -0.114. The highest BCUT2D eigenvalue weighted by Gasteiger charge is 2.06. The van der Waals surface area contributed by atoms with E-state index in [-0.39, 0.29) is 11.8 Å². The number of carbonyl (C=O) groups excluding carboxylic acids is 2. The molecule has 0 aromatic heterocycles. The molecule has 2 N–H and O–H groups in total. The predicted octanol–water partition coefficient (Wildman–Crippen LogP) is 5.31. The lowest BCUT2D eigenvalue weighted by Crippen LogP contribution is -2.12. The summed E-state index contributed by atoms with van der Waals surface area (Å²) in [5, 5.41) is 13.8. The Morgan fingerprint density at radius 2 is 1.19 bits per heavy atom. The molecule has 3 aromatic rings. The normalized spacial score (nSPS) is 10.6. The van der Waals surface area contributed by atoms with Crippen molar-refractivity contribution in [2.75, 3.05) is 10.6 Å². The Morgan fingerprint density at radius 3 is 1.78 bits per heavy atom. The monoisotopic (exact) mass is 358 g/mol. The molecule has 6 heteroatoms. The molecule has 2 amide bonds. The van der Waals surface area contributed by atoms with E-state index in [4.69, 9.17) is 0 Å². The fraction of sp³-hybridized carbons (Fsp3) is 0.0476. The van der Waals surface area contributed by atoms with Crippen molar-refractivity contribution >= 4 is 34.6 Å². The summed E-state index contributed by atoms with van der Waals surface area (Å²) in [4.78, 5) is 23.3. The molecule has 6 nitrogen and oxygen atoms in total. The molecule has 27 heavy (non-hydrogen) atoms. The summed E-state index contributed by atoms with van der Waals surface area (Å²) >= 11 is 0. The number of benzene rings is 3.